The molecule has 0 spiro atoms. The van der Waals surface area contributed by atoms with E-state index in [0.717, 1.165) is 0 Å². The average Bonchev–Trinajstić information content (AvgIpc) is 0.918. The Morgan fingerprint density at radius 3 is 1.75 bits per heavy atom. The first-order chi connectivity index (χ1) is 1.41. The first kappa shape index (κ1) is 8.92. The van der Waals surface area contributed by atoms with Crippen LogP contribution < -0.4 is 0 Å². The fourth-order valence-electron chi connectivity index (χ4n) is 0. The quantitative estimate of drug-likeness (QED) is 0.432. The van der Waals surface area contributed by atoms with Gasteiger partial charge in [-0.2, -0.15) is 0 Å². The zero-order chi connectivity index (χ0) is 2.71. The third-order valence-corrected chi connectivity index (χ3v) is 0. The van der Waals surface area contributed by atoms with Crippen molar-refractivity contribution in [3.05, 3.63) is 0 Å². The topological polar surface area (TPSA) is 0 Å². The van der Waals surface area contributed by atoms with Crippen LogP contribution in [0.3, 0.4) is 0 Å². The van der Waals surface area contributed by atoms with Crippen molar-refractivity contribution >= 4 is 23.6 Å². The van der Waals surface area contributed by atoms with Gasteiger partial charge < -0.3 is 0 Å². The molecule has 0 saturated carbocycles. The van der Waals surface area contributed by atoms with Crippen LogP contribution in [0.2, 0.25) is 0 Å². The molecule has 1 radical (unpaired) electrons. The van der Waals surface area contributed by atoms with Gasteiger partial charge in [-0.15, -0.1) is 18.1 Å². The summed E-state index contributed by atoms with van der Waals surface area (Å²) in [4.78, 5) is 0. The SMILES string of the molecule is P=CP.[Co]. The molecule has 0 amide bonds. The van der Waals surface area contributed by atoms with Crippen LogP contribution in [0.25, 0.3) is 0 Å². The van der Waals surface area contributed by atoms with Gasteiger partial charge in [-0.05, 0) is 5.54 Å². The normalized spacial score (nSPS) is 3.25. The van der Waals surface area contributed by atoms with Gasteiger partial charge in [0.05, 0.1) is 0 Å². The van der Waals surface area contributed by atoms with Crippen LogP contribution in [-0.2, 0) is 16.8 Å². The average molecular weight is 137 g/mol. The summed E-state index contributed by atoms with van der Waals surface area (Å²) < 4.78 is 0. The molecule has 3 heteroatoms. The van der Waals surface area contributed by atoms with Gasteiger partial charge >= 0.3 is 0 Å². The minimum absolute atomic E-state index is 0. The summed E-state index contributed by atoms with van der Waals surface area (Å²) in [5, 5.41) is 0. The van der Waals surface area contributed by atoms with Gasteiger partial charge in [0.2, 0.25) is 0 Å². The maximum Gasteiger partial charge on any atom is 0 e. The Morgan fingerprint density at radius 1 is 1.75 bits per heavy atom. The smallest absolute Gasteiger partial charge is 0 e. The summed E-state index contributed by atoms with van der Waals surface area (Å²) in [6, 6.07) is 0. The van der Waals surface area contributed by atoms with Gasteiger partial charge in [-0.25, -0.2) is 0 Å². The summed E-state index contributed by atoms with van der Waals surface area (Å²) in [6.45, 7) is 0. The van der Waals surface area contributed by atoms with Gasteiger partial charge in [0.1, 0.15) is 0 Å². The molecule has 0 aromatic rings. The standard InChI is InChI=1S/CH4P2.Co/c2-1-3;/h1-2H,3H2;. The van der Waals surface area contributed by atoms with Crippen LogP contribution in [0.5, 0.6) is 0 Å². The summed E-state index contributed by atoms with van der Waals surface area (Å²) in [7, 11) is 5.39. The molecule has 0 rings (SSSR count). The minimum Gasteiger partial charge on any atom is -0.122 e. The van der Waals surface area contributed by atoms with E-state index in [1.807, 2.05) is 0 Å². The van der Waals surface area contributed by atoms with Gasteiger partial charge in [0.25, 0.3) is 0 Å². The van der Waals surface area contributed by atoms with E-state index in [1.54, 1.807) is 5.54 Å². The maximum atomic E-state index is 3.02. The molecule has 0 aromatic carbocycles. The van der Waals surface area contributed by atoms with Crippen LogP contribution >= 0.6 is 18.1 Å². The Morgan fingerprint density at radius 2 is 1.75 bits per heavy atom. The first-order valence-electron chi connectivity index (χ1n) is 0.622. The van der Waals surface area contributed by atoms with E-state index in [0.29, 0.717) is 0 Å². The van der Waals surface area contributed by atoms with Crippen LogP contribution in [0.15, 0.2) is 0 Å². The molecule has 27 valence electrons. The molecule has 0 aromatic heterocycles. The molecule has 0 aliphatic rings. The molecule has 0 fully saturated rings. The number of hydrogen-bond donors (Lipinski definition) is 0. The molecule has 0 N–H and O–H groups in total. The van der Waals surface area contributed by atoms with E-state index >= 15 is 0 Å². The van der Waals surface area contributed by atoms with Crippen LogP contribution in [0.1, 0.15) is 0 Å². The molecule has 0 aliphatic heterocycles. The Labute approximate surface area is 41.0 Å². The summed E-state index contributed by atoms with van der Waals surface area (Å²) in [6.07, 6.45) is 0. The van der Waals surface area contributed by atoms with Gasteiger partial charge in [-0.3, -0.25) is 0 Å². The molecule has 0 saturated heterocycles. The van der Waals surface area contributed by atoms with Crippen molar-refractivity contribution in [1.29, 1.82) is 0 Å². The Hall–Kier alpha value is 1.11. The fraction of sp³-hybridized carbons (Fsp3) is 0. The monoisotopic (exact) mass is 137 g/mol. The second-order valence-corrected chi connectivity index (χ2v) is 1.50. The Bertz CT molecular complexity index is 13.5. The zero-order valence-corrected chi connectivity index (χ0v) is 5.18. The third-order valence-electron chi connectivity index (χ3n) is 0. The molecule has 0 aliphatic carbocycles. The van der Waals surface area contributed by atoms with Crippen molar-refractivity contribution < 1.29 is 16.8 Å². The molecule has 1 atom stereocenters. The summed E-state index contributed by atoms with van der Waals surface area (Å²) >= 11 is 0. The van der Waals surface area contributed by atoms with E-state index in [9.17, 15) is 0 Å². The van der Waals surface area contributed by atoms with Gasteiger partial charge in [0, 0.05) is 16.8 Å². The maximum absolute atomic E-state index is 3.02. The van der Waals surface area contributed by atoms with Gasteiger partial charge in [0.15, 0.2) is 0 Å². The van der Waals surface area contributed by atoms with E-state index < -0.39 is 0 Å². The Balaban J connectivity index is 0. The molecule has 0 nitrogen and oxygen atoms in total. The minimum atomic E-state index is 0. The second kappa shape index (κ2) is 8.93. The molecular formula is CH4CoP2. The number of hydrogen-bond acceptors (Lipinski definition) is 0. The van der Waals surface area contributed by atoms with Crippen molar-refractivity contribution in [1.82, 2.24) is 0 Å². The van der Waals surface area contributed by atoms with E-state index in [1.165, 1.54) is 0 Å². The van der Waals surface area contributed by atoms with Gasteiger partial charge in [-0.1, -0.05) is 0 Å². The van der Waals surface area contributed by atoms with Crippen LogP contribution in [0.4, 0.5) is 0 Å². The molecule has 0 heterocycles. The number of rotatable bonds is 0. The van der Waals surface area contributed by atoms with Crippen LogP contribution in [0, 0.1) is 0 Å². The van der Waals surface area contributed by atoms with Crippen molar-refractivity contribution in [2.24, 2.45) is 0 Å². The second-order valence-electron chi connectivity index (χ2n) is 0.167. The third kappa shape index (κ3) is 11.3. The van der Waals surface area contributed by atoms with Crippen LogP contribution in [-0.4, -0.2) is 5.54 Å². The fourth-order valence-corrected chi connectivity index (χ4v) is 0. The van der Waals surface area contributed by atoms with Crippen molar-refractivity contribution in [3.63, 3.8) is 0 Å². The molecule has 0 bridgehead atoms. The van der Waals surface area contributed by atoms with E-state index in [-0.39, 0.29) is 16.8 Å². The van der Waals surface area contributed by atoms with E-state index in [4.69, 9.17) is 0 Å². The Kier molecular flexibility index (Phi) is 19.9. The summed E-state index contributed by atoms with van der Waals surface area (Å²) in [5.41, 5.74) is 1.72. The van der Waals surface area contributed by atoms with Crippen molar-refractivity contribution in [3.8, 4) is 0 Å². The van der Waals surface area contributed by atoms with Crippen molar-refractivity contribution in [2.45, 2.75) is 0 Å². The first-order valence-corrected chi connectivity index (χ1v) is 1.87. The molecule has 1 unspecified atom stereocenters. The largest absolute Gasteiger partial charge is 0.122 e. The van der Waals surface area contributed by atoms with Crippen molar-refractivity contribution in [2.75, 3.05) is 0 Å². The molecule has 4 heavy (non-hydrogen) atoms. The molecular weight excluding hydrogens is 133 g/mol. The predicted molar refractivity (Wildman–Crippen MR) is 24.1 cm³/mol. The zero-order valence-electron chi connectivity index (χ0n) is 1.99. The van der Waals surface area contributed by atoms with E-state index in [2.05, 4.69) is 18.1 Å². The predicted octanol–water partition coefficient (Wildman–Crippen LogP) is 0.761. The summed E-state index contributed by atoms with van der Waals surface area (Å²) in [5.74, 6) is 0.